The number of benzene rings is 1. The number of furan rings is 1. The molecule has 0 unspecified atom stereocenters. The molecule has 2 rings (SSSR count). The summed E-state index contributed by atoms with van der Waals surface area (Å²) in [5.74, 6) is -2.53. The fourth-order valence-electron chi connectivity index (χ4n) is 1.58. The van der Waals surface area contributed by atoms with Crippen LogP contribution >= 0.6 is 0 Å². The van der Waals surface area contributed by atoms with Gasteiger partial charge in [0.2, 0.25) is 5.76 Å². The van der Waals surface area contributed by atoms with Crippen LogP contribution in [0.3, 0.4) is 0 Å². The van der Waals surface area contributed by atoms with Crippen LogP contribution in [0.1, 0.15) is 21.9 Å². The Morgan fingerprint density at radius 1 is 1.32 bits per heavy atom. The first-order valence-corrected chi connectivity index (χ1v) is 5.49. The van der Waals surface area contributed by atoms with Crippen molar-refractivity contribution in [2.24, 2.45) is 0 Å². The molecular weight excluding hydrogens is 256 g/mol. The normalized spacial score (nSPS) is 10.5. The highest BCUT2D eigenvalue weighted by atomic mass is 19.1. The van der Waals surface area contributed by atoms with Gasteiger partial charge in [0, 0.05) is 0 Å². The molecule has 0 aliphatic carbocycles. The minimum absolute atomic E-state index is 0.00935. The van der Waals surface area contributed by atoms with Gasteiger partial charge in [-0.3, -0.25) is 0 Å². The number of halogens is 2. The van der Waals surface area contributed by atoms with Gasteiger partial charge in [-0.1, -0.05) is 6.07 Å². The first-order chi connectivity index (χ1) is 8.99. The smallest absolute Gasteiger partial charge is 0.371 e. The van der Waals surface area contributed by atoms with E-state index in [0.29, 0.717) is 5.56 Å². The molecule has 2 N–H and O–H groups in total. The van der Waals surface area contributed by atoms with Crippen LogP contribution in [0.25, 0.3) is 0 Å². The number of carbonyl (C=O) groups is 1. The van der Waals surface area contributed by atoms with E-state index in [9.17, 15) is 13.6 Å². The molecule has 1 heterocycles. The summed E-state index contributed by atoms with van der Waals surface area (Å²) in [5, 5.41) is 11.2. The molecule has 4 nitrogen and oxygen atoms in total. The summed E-state index contributed by atoms with van der Waals surface area (Å²) < 4.78 is 32.1. The van der Waals surface area contributed by atoms with Crippen molar-refractivity contribution in [3.05, 3.63) is 53.0 Å². The molecule has 1 aromatic carbocycles. The molecule has 1 aromatic heterocycles. The highest BCUT2D eigenvalue weighted by Gasteiger charge is 2.13. The molecule has 0 amide bonds. The number of hydrogen-bond donors (Lipinski definition) is 2. The topological polar surface area (TPSA) is 62.5 Å². The van der Waals surface area contributed by atoms with Gasteiger partial charge >= 0.3 is 5.97 Å². The second kappa shape index (κ2) is 5.09. The maximum Gasteiger partial charge on any atom is 0.371 e. The average Bonchev–Trinajstić information content (AvgIpc) is 2.83. The number of carboxylic acid groups (broad SMARTS) is 1. The zero-order valence-electron chi connectivity index (χ0n) is 10.0. The third-order valence-electron chi connectivity index (χ3n) is 2.60. The summed E-state index contributed by atoms with van der Waals surface area (Å²) in [6, 6.07) is 5.21. The summed E-state index contributed by atoms with van der Waals surface area (Å²) >= 11 is 0. The van der Waals surface area contributed by atoms with Gasteiger partial charge < -0.3 is 14.8 Å². The van der Waals surface area contributed by atoms with Crippen LogP contribution in [0.15, 0.2) is 28.7 Å². The molecule has 19 heavy (non-hydrogen) atoms. The average molecular weight is 267 g/mol. The number of aryl methyl sites for hydroxylation is 1. The van der Waals surface area contributed by atoms with E-state index < -0.39 is 17.6 Å². The Labute approximate surface area is 107 Å². The molecule has 2 aromatic rings. The van der Waals surface area contributed by atoms with Crippen LogP contribution in [0, 0.1) is 18.6 Å². The number of nitrogens with one attached hydrogen (secondary N) is 1. The number of anilines is 1. The number of hydrogen-bond acceptors (Lipinski definition) is 3. The van der Waals surface area contributed by atoms with Crippen LogP contribution in [0.5, 0.6) is 0 Å². The van der Waals surface area contributed by atoms with Gasteiger partial charge in [0.1, 0.15) is 17.3 Å². The number of carboxylic acids is 1. The highest BCUT2D eigenvalue weighted by Crippen LogP contribution is 2.22. The van der Waals surface area contributed by atoms with Gasteiger partial charge in [-0.2, -0.15) is 0 Å². The van der Waals surface area contributed by atoms with Crippen LogP contribution in [-0.4, -0.2) is 11.1 Å². The maximum absolute atomic E-state index is 13.7. The molecular formula is C13H11F2NO3. The van der Waals surface area contributed by atoms with Crippen molar-refractivity contribution in [3.8, 4) is 0 Å². The van der Waals surface area contributed by atoms with Crippen molar-refractivity contribution in [1.29, 1.82) is 0 Å². The first kappa shape index (κ1) is 13.1. The minimum Gasteiger partial charge on any atom is -0.475 e. The summed E-state index contributed by atoms with van der Waals surface area (Å²) in [6.45, 7) is 1.51. The fourth-order valence-corrected chi connectivity index (χ4v) is 1.58. The minimum atomic E-state index is -1.20. The van der Waals surface area contributed by atoms with E-state index in [-0.39, 0.29) is 23.8 Å². The molecule has 100 valence electrons. The summed E-state index contributed by atoms with van der Waals surface area (Å²) in [6.07, 6.45) is 0. The van der Waals surface area contributed by atoms with E-state index in [1.54, 1.807) is 0 Å². The molecule has 0 radical (unpaired) electrons. The highest BCUT2D eigenvalue weighted by molar-refractivity contribution is 5.84. The molecule has 6 heteroatoms. The molecule has 0 fully saturated rings. The van der Waals surface area contributed by atoms with Gasteiger partial charge in [0.15, 0.2) is 5.82 Å². The van der Waals surface area contributed by atoms with E-state index in [0.717, 1.165) is 6.07 Å². The van der Waals surface area contributed by atoms with Crippen molar-refractivity contribution in [2.75, 3.05) is 5.32 Å². The summed E-state index contributed by atoms with van der Waals surface area (Å²) in [5.41, 5.74) is 0.0582. The Morgan fingerprint density at radius 3 is 2.68 bits per heavy atom. The van der Waals surface area contributed by atoms with Crippen molar-refractivity contribution in [3.63, 3.8) is 0 Å². The lowest BCUT2D eigenvalue weighted by molar-refractivity contribution is 0.0660. The van der Waals surface area contributed by atoms with Crippen molar-refractivity contribution < 1.29 is 23.1 Å². The van der Waals surface area contributed by atoms with E-state index >= 15 is 0 Å². The zero-order valence-corrected chi connectivity index (χ0v) is 10.0. The van der Waals surface area contributed by atoms with Gasteiger partial charge in [0.05, 0.1) is 6.54 Å². The maximum atomic E-state index is 13.7. The van der Waals surface area contributed by atoms with Gasteiger partial charge in [0.25, 0.3) is 0 Å². The lowest BCUT2D eigenvalue weighted by Gasteiger charge is -2.08. The van der Waals surface area contributed by atoms with Gasteiger partial charge in [-0.25, -0.2) is 13.6 Å². The Bertz CT molecular complexity index is 622. The van der Waals surface area contributed by atoms with Crippen LogP contribution in [0.4, 0.5) is 14.5 Å². The zero-order chi connectivity index (χ0) is 14.0. The predicted octanol–water partition coefficient (Wildman–Crippen LogP) is 3.18. The third kappa shape index (κ3) is 2.73. The molecule has 0 aliphatic rings. The Morgan fingerprint density at radius 2 is 2.05 bits per heavy atom. The van der Waals surface area contributed by atoms with Crippen molar-refractivity contribution in [1.82, 2.24) is 0 Å². The largest absolute Gasteiger partial charge is 0.475 e. The van der Waals surface area contributed by atoms with Crippen LogP contribution in [-0.2, 0) is 6.54 Å². The summed E-state index contributed by atoms with van der Waals surface area (Å²) in [4.78, 5) is 10.6. The monoisotopic (exact) mass is 267 g/mol. The molecule has 0 spiro atoms. The van der Waals surface area contributed by atoms with Gasteiger partial charge in [-0.15, -0.1) is 0 Å². The quantitative estimate of drug-likeness (QED) is 0.893. The Hall–Kier alpha value is -2.37. The first-order valence-electron chi connectivity index (χ1n) is 5.49. The molecule has 0 saturated carbocycles. The number of aromatic carboxylic acids is 1. The van der Waals surface area contributed by atoms with E-state index in [2.05, 4.69) is 5.32 Å². The predicted molar refractivity (Wildman–Crippen MR) is 64.1 cm³/mol. The lowest BCUT2D eigenvalue weighted by Crippen LogP contribution is -2.04. The second-order valence-electron chi connectivity index (χ2n) is 3.98. The van der Waals surface area contributed by atoms with Crippen molar-refractivity contribution in [2.45, 2.75) is 13.5 Å². The second-order valence-corrected chi connectivity index (χ2v) is 3.98. The SMILES string of the molecule is Cc1ccc(F)c(NCc2ccc(C(=O)O)o2)c1F. The standard InChI is InChI=1S/C13H11F2NO3/c1-7-2-4-9(14)12(11(7)15)16-6-8-3-5-10(19-8)13(17)18/h2-5,16H,6H2,1H3,(H,17,18). The number of rotatable bonds is 4. The van der Waals surface area contributed by atoms with E-state index in [4.69, 9.17) is 9.52 Å². The molecule has 0 atom stereocenters. The molecule has 0 bridgehead atoms. The fraction of sp³-hybridized carbons (Fsp3) is 0.154. The van der Waals surface area contributed by atoms with Crippen molar-refractivity contribution >= 4 is 11.7 Å². The lowest BCUT2D eigenvalue weighted by atomic mass is 10.2. The molecule has 0 saturated heterocycles. The van der Waals surface area contributed by atoms with E-state index in [1.165, 1.54) is 25.1 Å². The van der Waals surface area contributed by atoms with Crippen LogP contribution < -0.4 is 5.32 Å². The van der Waals surface area contributed by atoms with Gasteiger partial charge in [-0.05, 0) is 30.7 Å². The Balaban J connectivity index is 2.14. The third-order valence-corrected chi connectivity index (χ3v) is 2.60. The van der Waals surface area contributed by atoms with E-state index in [1.807, 2.05) is 0 Å². The van der Waals surface area contributed by atoms with Crippen LogP contribution in [0.2, 0.25) is 0 Å². The summed E-state index contributed by atoms with van der Waals surface area (Å²) in [7, 11) is 0. The Kier molecular flexibility index (Phi) is 3.50. The molecule has 0 aliphatic heterocycles.